The van der Waals surface area contributed by atoms with Crippen LogP contribution in [0.2, 0.25) is 0 Å². The molecule has 0 radical (unpaired) electrons. The van der Waals surface area contributed by atoms with Gasteiger partial charge in [0.25, 0.3) is 0 Å². The van der Waals surface area contributed by atoms with Gasteiger partial charge >= 0.3 is 6.03 Å². The number of fused-ring (bicyclic) bond motifs is 6. The third-order valence-corrected chi connectivity index (χ3v) is 7.36. The molecule has 1 aromatic carbocycles. The fraction of sp³-hybridized carbons (Fsp3) is 0.591. The molecular weight excluding hydrogens is 340 g/mol. The van der Waals surface area contributed by atoms with Gasteiger partial charge in [-0.15, -0.1) is 0 Å². The summed E-state index contributed by atoms with van der Waals surface area (Å²) < 4.78 is 12.4. The minimum absolute atomic E-state index is 0.0343. The maximum atomic E-state index is 13.1. The van der Waals surface area contributed by atoms with Crippen LogP contribution in [0, 0.1) is 11.8 Å². The van der Waals surface area contributed by atoms with E-state index in [1.54, 1.807) is 0 Å². The molecule has 1 N–H and O–H groups in total. The first kappa shape index (κ1) is 16.0. The predicted octanol–water partition coefficient (Wildman–Crippen LogP) is 3.42. The average molecular weight is 366 g/mol. The van der Waals surface area contributed by atoms with Gasteiger partial charge in [-0.2, -0.15) is 0 Å². The van der Waals surface area contributed by atoms with E-state index in [0.29, 0.717) is 11.8 Å². The van der Waals surface area contributed by atoms with E-state index in [9.17, 15) is 4.79 Å². The van der Waals surface area contributed by atoms with Crippen molar-refractivity contribution in [2.75, 3.05) is 13.1 Å². The standard InChI is InChI=1S/C22H26N2O3/c25-21(24-12-15-16(13-24)19-8-7-18(15)26-19)23-17-11-22(9-3-4-10-22)27-20-6-2-1-5-14(17)20/h1-2,5-8,15-19H,3-4,9-13H2,(H,23,25). The zero-order valence-electron chi connectivity index (χ0n) is 15.5. The van der Waals surface area contributed by atoms with Crippen molar-refractivity contribution >= 4 is 6.03 Å². The number of urea groups is 1. The molecule has 2 bridgehead atoms. The maximum absolute atomic E-state index is 13.1. The van der Waals surface area contributed by atoms with Crippen molar-refractivity contribution in [2.24, 2.45) is 11.8 Å². The van der Waals surface area contributed by atoms with Crippen LogP contribution in [0.5, 0.6) is 5.75 Å². The molecule has 2 amide bonds. The van der Waals surface area contributed by atoms with Crippen LogP contribution in [0.1, 0.15) is 43.7 Å². The number of amides is 2. The van der Waals surface area contributed by atoms with Crippen LogP contribution < -0.4 is 10.1 Å². The van der Waals surface area contributed by atoms with E-state index in [4.69, 9.17) is 9.47 Å². The molecular formula is C22H26N2O3. The highest BCUT2D eigenvalue weighted by atomic mass is 16.5. The third-order valence-electron chi connectivity index (χ3n) is 7.36. The van der Waals surface area contributed by atoms with Crippen LogP contribution in [0.25, 0.3) is 0 Å². The molecule has 5 nitrogen and oxygen atoms in total. The predicted molar refractivity (Wildman–Crippen MR) is 101 cm³/mol. The van der Waals surface area contributed by atoms with E-state index in [1.807, 2.05) is 17.0 Å². The molecule has 4 aliphatic heterocycles. The highest BCUT2D eigenvalue weighted by molar-refractivity contribution is 5.75. The minimum Gasteiger partial charge on any atom is -0.487 e. The molecule has 6 rings (SSSR count). The van der Waals surface area contributed by atoms with Gasteiger partial charge in [0.05, 0.1) is 18.2 Å². The second-order valence-corrected chi connectivity index (χ2v) is 8.92. The second kappa shape index (κ2) is 5.74. The van der Waals surface area contributed by atoms with E-state index < -0.39 is 0 Å². The third kappa shape index (κ3) is 2.44. The van der Waals surface area contributed by atoms with Crippen molar-refractivity contribution in [3.63, 3.8) is 0 Å². The topological polar surface area (TPSA) is 50.8 Å². The Morgan fingerprint density at radius 3 is 2.52 bits per heavy atom. The molecule has 5 aliphatic rings. The lowest BCUT2D eigenvalue weighted by Crippen LogP contribution is -2.47. The zero-order chi connectivity index (χ0) is 18.0. The largest absolute Gasteiger partial charge is 0.487 e. The lowest BCUT2D eigenvalue weighted by molar-refractivity contribution is 0.0374. The van der Waals surface area contributed by atoms with Gasteiger partial charge in [-0.05, 0) is 31.7 Å². The van der Waals surface area contributed by atoms with Crippen molar-refractivity contribution in [1.82, 2.24) is 10.2 Å². The molecule has 1 spiro atoms. The number of carbonyl (C=O) groups excluding carboxylic acids is 1. The molecule has 142 valence electrons. The van der Waals surface area contributed by atoms with E-state index in [2.05, 4.69) is 29.6 Å². The average Bonchev–Trinajstić information content (AvgIpc) is 3.44. The number of hydrogen-bond acceptors (Lipinski definition) is 3. The highest BCUT2D eigenvalue weighted by Gasteiger charge is 2.52. The monoisotopic (exact) mass is 366 g/mol. The Morgan fingerprint density at radius 2 is 1.78 bits per heavy atom. The van der Waals surface area contributed by atoms with Gasteiger partial charge in [-0.3, -0.25) is 0 Å². The molecule has 1 saturated carbocycles. The summed E-state index contributed by atoms with van der Waals surface area (Å²) in [5, 5.41) is 3.35. The molecule has 1 aromatic rings. The number of benzene rings is 1. The number of rotatable bonds is 1. The van der Waals surface area contributed by atoms with Gasteiger partial charge in [0.2, 0.25) is 0 Å². The summed E-state index contributed by atoms with van der Waals surface area (Å²) in [5.74, 6) is 1.88. The summed E-state index contributed by atoms with van der Waals surface area (Å²) >= 11 is 0. The van der Waals surface area contributed by atoms with Crippen molar-refractivity contribution in [3.05, 3.63) is 42.0 Å². The summed E-state index contributed by atoms with van der Waals surface area (Å²) in [6, 6.07) is 8.31. The fourth-order valence-electron chi connectivity index (χ4n) is 6.01. The molecule has 4 heterocycles. The van der Waals surface area contributed by atoms with Gasteiger partial charge in [-0.1, -0.05) is 30.4 Å². The van der Waals surface area contributed by atoms with Crippen LogP contribution in [0.3, 0.4) is 0 Å². The number of nitrogens with zero attached hydrogens (tertiary/aromatic N) is 1. The number of hydrogen-bond donors (Lipinski definition) is 1. The zero-order valence-corrected chi connectivity index (χ0v) is 15.5. The molecule has 2 saturated heterocycles. The Labute approximate surface area is 159 Å². The Bertz CT molecular complexity index is 781. The van der Waals surface area contributed by atoms with E-state index in [0.717, 1.165) is 43.7 Å². The van der Waals surface area contributed by atoms with Gasteiger partial charge < -0.3 is 19.7 Å². The molecule has 27 heavy (non-hydrogen) atoms. The van der Waals surface area contributed by atoms with Crippen LogP contribution in [0.4, 0.5) is 4.79 Å². The first-order valence-electron chi connectivity index (χ1n) is 10.4. The summed E-state index contributed by atoms with van der Waals surface area (Å²) in [6.07, 6.45) is 10.3. The van der Waals surface area contributed by atoms with E-state index >= 15 is 0 Å². The summed E-state index contributed by atoms with van der Waals surface area (Å²) in [5.41, 5.74) is 1.03. The number of likely N-dealkylation sites (tertiary alicyclic amines) is 1. The number of ether oxygens (including phenoxy) is 2. The minimum atomic E-state index is -0.0926. The fourth-order valence-corrected chi connectivity index (χ4v) is 6.01. The molecule has 1 aliphatic carbocycles. The van der Waals surface area contributed by atoms with Crippen LogP contribution in [-0.2, 0) is 4.74 Å². The Hall–Kier alpha value is -2.01. The normalized spacial score (nSPS) is 37.3. The lowest BCUT2D eigenvalue weighted by atomic mass is 9.86. The SMILES string of the molecule is O=C(NC1CC2(CCCC2)Oc2ccccc21)N1CC2C3C=CC(O3)C2C1. The van der Waals surface area contributed by atoms with E-state index in [-0.39, 0.29) is 29.9 Å². The first-order valence-corrected chi connectivity index (χ1v) is 10.4. The molecule has 5 heteroatoms. The van der Waals surface area contributed by atoms with Crippen LogP contribution >= 0.6 is 0 Å². The summed E-state index contributed by atoms with van der Waals surface area (Å²) in [4.78, 5) is 15.1. The lowest BCUT2D eigenvalue weighted by Gasteiger charge is -2.40. The van der Waals surface area contributed by atoms with Gasteiger partial charge in [0.1, 0.15) is 11.4 Å². The quantitative estimate of drug-likeness (QED) is 0.775. The Balaban J connectivity index is 1.21. The van der Waals surface area contributed by atoms with Crippen molar-refractivity contribution in [1.29, 1.82) is 0 Å². The Kier molecular flexibility index (Phi) is 3.40. The number of para-hydroxylation sites is 1. The van der Waals surface area contributed by atoms with Crippen molar-refractivity contribution < 1.29 is 14.3 Å². The number of nitrogens with one attached hydrogen (secondary N) is 1. The molecule has 0 aromatic heterocycles. The number of carbonyl (C=O) groups is 1. The summed E-state index contributed by atoms with van der Waals surface area (Å²) in [7, 11) is 0. The molecule has 3 fully saturated rings. The summed E-state index contributed by atoms with van der Waals surface area (Å²) in [6.45, 7) is 1.61. The van der Waals surface area contributed by atoms with Crippen LogP contribution in [0.15, 0.2) is 36.4 Å². The van der Waals surface area contributed by atoms with E-state index in [1.165, 1.54) is 12.8 Å². The maximum Gasteiger partial charge on any atom is 0.317 e. The van der Waals surface area contributed by atoms with Crippen molar-refractivity contribution in [2.45, 2.75) is 56.0 Å². The van der Waals surface area contributed by atoms with Crippen LogP contribution in [-0.4, -0.2) is 41.8 Å². The smallest absolute Gasteiger partial charge is 0.317 e. The highest BCUT2D eigenvalue weighted by Crippen LogP contribution is 2.47. The second-order valence-electron chi connectivity index (χ2n) is 8.92. The van der Waals surface area contributed by atoms with Gasteiger partial charge in [0, 0.05) is 36.9 Å². The van der Waals surface area contributed by atoms with Crippen molar-refractivity contribution in [3.8, 4) is 5.75 Å². The van der Waals surface area contributed by atoms with Gasteiger partial charge in [-0.25, -0.2) is 4.79 Å². The molecule has 5 atom stereocenters. The Morgan fingerprint density at radius 1 is 1.07 bits per heavy atom. The molecule has 5 unspecified atom stereocenters. The van der Waals surface area contributed by atoms with Gasteiger partial charge in [0.15, 0.2) is 0 Å². The first-order chi connectivity index (χ1) is 13.2.